The molecular formula is C12H12FNO4S. The predicted molar refractivity (Wildman–Crippen MR) is 65.9 cm³/mol. The van der Waals surface area contributed by atoms with Crippen LogP contribution in [0.4, 0.5) is 10.1 Å². The number of hydrogen-bond acceptors (Lipinski definition) is 4. The Labute approximate surface area is 109 Å². The van der Waals surface area contributed by atoms with Gasteiger partial charge in [0.2, 0.25) is 5.91 Å². The third kappa shape index (κ3) is 2.98. The fourth-order valence-corrected chi connectivity index (χ4v) is 2.55. The van der Waals surface area contributed by atoms with E-state index in [9.17, 15) is 22.4 Å². The summed E-state index contributed by atoms with van der Waals surface area (Å²) in [5.41, 5.74) is 0.200. The molecule has 0 aromatic heterocycles. The maximum absolute atomic E-state index is 13.4. The van der Waals surface area contributed by atoms with Crippen molar-refractivity contribution in [3.63, 3.8) is 0 Å². The Morgan fingerprint density at radius 1 is 1.37 bits per heavy atom. The van der Waals surface area contributed by atoms with Crippen molar-refractivity contribution in [1.82, 2.24) is 0 Å². The normalized spacial score (nSPS) is 16.0. The fourth-order valence-electron chi connectivity index (χ4n) is 1.78. The zero-order valence-electron chi connectivity index (χ0n) is 10.1. The first-order valence-electron chi connectivity index (χ1n) is 5.59. The van der Waals surface area contributed by atoms with Crippen molar-refractivity contribution >= 4 is 27.2 Å². The number of ketones is 1. The Balaban J connectivity index is 2.18. The van der Waals surface area contributed by atoms with Gasteiger partial charge in [-0.1, -0.05) is 0 Å². The summed E-state index contributed by atoms with van der Waals surface area (Å²) in [5.74, 6) is -1.57. The van der Waals surface area contributed by atoms with E-state index < -0.39 is 20.5 Å². The van der Waals surface area contributed by atoms with Crippen molar-refractivity contribution in [3.8, 4) is 0 Å². The highest BCUT2D eigenvalue weighted by atomic mass is 32.2. The van der Waals surface area contributed by atoms with Gasteiger partial charge in [0, 0.05) is 24.8 Å². The number of halogens is 1. The van der Waals surface area contributed by atoms with Gasteiger partial charge in [-0.3, -0.25) is 9.59 Å². The Bertz CT molecular complexity index is 646. The molecule has 5 nitrogen and oxygen atoms in total. The maximum atomic E-state index is 13.4. The van der Waals surface area contributed by atoms with Crippen molar-refractivity contribution in [2.24, 2.45) is 5.92 Å². The Hall–Kier alpha value is -1.76. The standard InChI is InChI=1S/C12H12FNO4S/c1-19(17,18)11-6-8(2-3-10(11)13)14-12(16)7-4-9(15)5-7/h2-3,6-7H,4-5H2,1H3,(H,14,16). The molecule has 1 aromatic carbocycles. The van der Waals surface area contributed by atoms with Gasteiger partial charge in [-0.2, -0.15) is 0 Å². The number of carbonyl (C=O) groups is 2. The molecule has 0 bridgehead atoms. The second-order valence-corrected chi connectivity index (χ2v) is 6.53. The summed E-state index contributed by atoms with van der Waals surface area (Å²) in [6.45, 7) is 0. The molecule has 1 aliphatic carbocycles. The molecule has 19 heavy (non-hydrogen) atoms. The highest BCUT2D eigenvalue weighted by molar-refractivity contribution is 7.90. The average Bonchev–Trinajstić information content (AvgIpc) is 2.26. The van der Waals surface area contributed by atoms with Gasteiger partial charge in [0.15, 0.2) is 9.84 Å². The highest BCUT2D eigenvalue weighted by Gasteiger charge is 2.32. The van der Waals surface area contributed by atoms with E-state index in [0.717, 1.165) is 18.4 Å². The molecule has 0 radical (unpaired) electrons. The van der Waals surface area contributed by atoms with Crippen LogP contribution in [0.1, 0.15) is 12.8 Å². The van der Waals surface area contributed by atoms with Crippen molar-refractivity contribution < 1.29 is 22.4 Å². The van der Waals surface area contributed by atoms with Crippen LogP contribution >= 0.6 is 0 Å². The molecule has 1 amide bonds. The molecule has 7 heteroatoms. The minimum Gasteiger partial charge on any atom is -0.326 e. The van der Waals surface area contributed by atoms with Crippen LogP contribution in [0.2, 0.25) is 0 Å². The van der Waals surface area contributed by atoms with Gasteiger partial charge in [0.1, 0.15) is 16.5 Å². The van der Waals surface area contributed by atoms with Gasteiger partial charge in [0.25, 0.3) is 0 Å². The number of hydrogen-bond donors (Lipinski definition) is 1. The van der Waals surface area contributed by atoms with Crippen LogP contribution in [0, 0.1) is 11.7 Å². The molecule has 1 aromatic rings. The van der Waals surface area contributed by atoms with E-state index in [-0.39, 0.29) is 36.1 Å². The zero-order chi connectivity index (χ0) is 14.2. The molecule has 2 rings (SSSR count). The summed E-state index contributed by atoms with van der Waals surface area (Å²) in [4.78, 5) is 22.0. The van der Waals surface area contributed by atoms with Gasteiger partial charge >= 0.3 is 0 Å². The number of nitrogens with one attached hydrogen (secondary N) is 1. The third-order valence-corrected chi connectivity index (χ3v) is 4.03. The molecule has 102 valence electrons. The number of rotatable bonds is 3. The smallest absolute Gasteiger partial charge is 0.228 e. The van der Waals surface area contributed by atoms with E-state index >= 15 is 0 Å². The molecule has 0 atom stereocenters. The van der Waals surface area contributed by atoms with Crippen molar-refractivity contribution in [1.29, 1.82) is 0 Å². The SMILES string of the molecule is CS(=O)(=O)c1cc(NC(=O)C2CC(=O)C2)ccc1F. The molecule has 0 heterocycles. The van der Waals surface area contributed by atoms with Crippen LogP contribution in [0.25, 0.3) is 0 Å². The van der Waals surface area contributed by atoms with Gasteiger partial charge in [-0.25, -0.2) is 12.8 Å². The van der Waals surface area contributed by atoms with Crippen LogP contribution in [-0.2, 0) is 19.4 Å². The van der Waals surface area contributed by atoms with Crippen LogP contribution in [-0.4, -0.2) is 26.4 Å². The number of benzene rings is 1. The molecule has 1 N–H and O–H groups in total. The van der Waals surface area contributed by atoms with Crippen LogP contribution < -0.4 is 5.32 Å². The molecule has 0 unspecified atom stereocenters. The Kier molecular flexibility index (Phi) is 3.40. The van der Waals surface area contributed by atoms with E-state index in [1.54, 1.807) is 0 Å². The minimum atomic E-state index is -3.69. The van der Waals surface area contributed by atoms with Gasteiger partial charge in [0.05, 0.1) is 5.92 Å². The van der Waals surface area contributed by atoms with Crippen LogP contribution in [0.3, 0.4) is 0 Å². The number of sulfone groups is 1. The lowest BCUT2D eigenvalue weighted by molar-refractivity contribution is -0.135. The van der Waals surface area contributed by atoms with Gasteiger partial charge < -0.3 is 5.32 Å². The van der Waals surface area contributed by atoms with Crippen molar-refractivity contribution in [3.05, 3.63) is 24.0 Å². The predicted octanol–water partition coefficient (Wildman–Crippen LogP) is 1.15. The van der Waals surface area contributed by atoms with E-state index in [2.05, 4.69) is 5.32 Å². The fraction of sp³-hybridized carbons (Fsp3) is 0.333. The topological polar surface area (TPSA) is 80.3 Å². The molecule has 1 aliphatic rings. The van der Waals surface area contributed by atoms with Gasteiger partial charge in [-0.15, -0.1) is 0 Å². The van der Waals surface area contributed by atoms with E-state index in [0.29, 0.717) is 0 Å². The van der Waals surface area contributed by atoms with Crippen LogP contribution in [0.15, 0.2) is 23.1 Å². The third-order valence-electron chi connectivity index (χ3n) is 2.92. The maximum Gasteiger partial charge on any atom is 0.228 e. The lowest BCUT2D eigenvalue weighted by Gasteiger charge is -2.22. The second-order valence-electron chi connectivity index (χ2n) is 4.55. The quantitative estimate of drug-likeness (QED) is 0.903. The van der Waals surface area contributed by atoms with E-state index in [4.69, 9.17) is 0 Å². The molecule has 1 fully saturated rings. The highest BCUT2D eigenvalue weighted by Crippen LogP contribution is 2.25. The Morgan fingerprint density at radius 2 is 2.00 bits per heavy atom. The summed E-state index contributed by atoms with van der Waals surface area (Å²) in [5, 5.41) is 2.48. The van der Waals surface area contributed by atoms with E-state index in [1.165, 1.54) is 6.07 Å². The number of carbonyl (C=O) groups excluding carboxylic acids is 2. The number of anilines is 1. The molecule has 0 spiro atoms. The lowest BCUT2D eigenvalue weighted by atomic mass is 9.83. The average molecular weight is 285 g/mol. The van der Waals surface area contributed by atoms with E-state index in [1.807, 2.05) is 0 Å². The second kappa shape index (κ2) is 4.73. The minimum absolute atomic E-state index is 0.0241. The Morgan fingerprint density at radius 3 is 2.53 bits per heavy atom. The summed E-state index contributed by atoms with van der Waals surface area (Å²) in [6.07, 6.45) is 1.29. The largest absolute Gasteiger partial charge is 0.326 e. The molecule has 1 saturated carbocycles. The summed E-state index contributed by atoms with van der Waals surface area (Å²) in [7, 11) is -3.69. The van der Waals surface area contributed by atoms with Gasteiger partial charge in [-0.05, 0) is 18.2 Å². The summed E-state index contributed by atoms with van der Waals surface area (Å²) >= 11 is 0. The van der Waals surface area contributed by atoms with Crippen molar-refractivity contribution in [2.45, 2.75) is 17.7 Å². The monoisotopic (exact) mass is 285 g/mol. The molecular weight excluding hydrogens is 273 g/mol. The first-order chi connectivity index (χ1) is 8.77. The first-order valence-corrected chi connectivity index (χ1v) is 7.48. The molecule has 0 aliphatic heterocycles. The molecule has 0 saturated heterocycles. The summed E-state index contributed by atoms with van der Waals surface area (Å²) < 4.78 is 36.0. The van der Waals surface area contributed by atoms with Crippen LogP contribution in [0.5, 0.6) is 0 Å². The number of Topliss-reactive ketones (excluding diaryl/α,β-unsaturated/α-hetero) is 1. The zero-order valence-corrected chi connectivity index (χ0v) is 11.0. The number of amides is 1. The lowest BCUT2D eigenvalue weighted by Crippen LogP contribution is -2.34. The first kappa shape index (κ1) is 13.7. The van der Waals surface area contributed by atoms with Crippen molar-refractivity contribution in [2.75, 3.05) is 11.6 Å². The summed E-state index contributed by atoms with van der Waals surface area (Å²) in [6, 6.07) is 3.34.